The van der Waals surface area contributed by atoms with Gasteiger partial charge in [-0.3, -0.25) is 0 Å². The van der Waals surface area contributed by atoms with E-state index in [9.17, 15) is 43.2 Å². The van der Waals surface area contributed by atoms with Crippen molar-refractivity contribution in [3.05, 3.63) is 29.8 Å². The molecule has 0 aliphatic carbocycles. The van der Waals surface area contributed by atoms with Gasteiger partial charge in [0.2, 0.25) is 0 Å². The van der Waals surface area contributed by atoms with Crippen LogP contribution in [0.1, 0.15) is 44.6 Å². The number of alkyl halides is 6. The summed E-state index contributed by atoms with van der Waals surface area (Å²) < 4.78 is 120. The first-order valence-corrected chi connectivity index (χ1v) is 15.8. The maximum Gasteiger partial charge on any atom is 0.498 e. The lowest BCUT2D eigenvalue weighted by Crippen LogP contribution is -2.45. The lowest BCUT2D eigenvalue weighted by atomic mass is 9.99. The molecule has 1 rings (SSSR count). The summed E-state index contributed by atoms with van der Waals surface area (Å²) in [5, 5.41) is 0.883. The Labute approximate surface area is 179 Å². The summed E-state index contributed by atoms with van der Waals surface area (Å²) in [5.41, 5.74) is -11.1. The Balaban J connectivity index is 3.12. The van der Waals surface area contributed by atoms with Gasteiger partial charge in [-0.15, -0.1) is 0 Å². The number of sulfone groups is 2. The van der Waals surface area contributed by atoms with Crippen LogP contribution in [-0.4, -0.2) is 40.5 Å². The zero-order valence-corrected chi connectivity index (χ0v) is 20.1. The Kier molecular flexibility index (Phi) is 8.49. The topological polar surface area (TPSA) is 68.3 Å². The minimum Gasteiger partial charge on any atom is -0.218 e. The quantitative estimate of drug-likeness (QED) is 0.341. The average Bonchev–Trinajstić information content (AvgIpc) is 2.62. The first-order valence-electron chi connectivity index (χ1n) is 9.49. The Morgan fingerprint density at radius 3 is 1.65 bits per heavy atom. The van der Waals surface area contributed by atoms with Gasteiger partial charge in [-0.05, 0) is 24.3 Å². The molecule has 0 saturated heterocycles. The molecule has 0 amide bonds. The number of halogens is 6. The van der Waals surface area contributed by atoms with E-state index in [1.165, 1.54) is 0 Å². The fraction of sp³-hybridized carbons (Fsp3) is 0.667. The SMILES string of the molecule is CCC(C)c1ccc([Si](C)(C)CCCC(S(=O)(=O)C(F)(F)F)S(=O)(=O)C(F)(F)F)cc1. The van der Waals surface area contributed by atoms with E-state index in [4.69, 9.17) is 0 Å². The van der Waals surface area contributed by atoms with Gasteiger partial charge in [0.15, 0.2) is 4.58 Å². The van der Waals surface area contributed by atoms with Crippen LogP contribution < -0.4 is 5.19 Å². The Morgan fingerprint density at radius 1 is 0.871 bits per heavy atom. The second-order valence-corrected chi connectivity index (χ2v) is 17.5. The number of rotatable bonds is 9. The fourth-order valence-electron chi connectivity index (χ4n) is 3.13. The molecule has 0 saturated carbocycles. The Hall–Kier alpha value is -1.08. The van der Waals surface area contributed by atoms with Crippen molar-refractivity contribution < 1.29 is 43.2 Å². The van der Waals surface area contributed by atoms with Crippen molar-refractivity contribution in [3.63, 3.8) is 0 Å². The Morgan fingerprint density at radius 2 is 1.29 bits per heavy atom. The predicted molar refractivity (Wildman–Crippen MR) is 110 cm³/mol. The van der Waals surface area contributed by atoms with Gasteiger partial charge in [0, 0.05) is 0 Å². The molecule has 1 unspecified atom stereocenters. The molecule has 0 fully saturated rings. The second kappa shape index (κ2) is 9.42. The highest BCUT2D eigenvalue weighted by Gasteiger charge is 2.62. The molecule has 0 spiro atoms. The standard InChI is InChI=1S/C18H26F6O4S2Si/c1-5-13(2)14-8-10-15(11-9-14)31(3,4)12-6-7-16(29(25,26)17(19,20)21)30(27,28)18(22,23)24/h8-11,13,16H,5-7,12H2,1-4H3. The molecule has 0 aliphatic rings. The van der Waals surface area contributed by atoms with E-state index in [0.717, 1.165) is 17.2 Å². The van der Waals surface area contributed by atoms with Gasteiger partial charge in [-0.1, -0.05) is 68.9 Å². The van der Waals surface area contributed by atoms with Gasteiger partial charge >= 0.3 is 11.0 Å². The third kappa shape index (κ3) is 6.25. The lowest BCUT2D eigenvalue weighted by molar-refractivity contribution is -0.0472. The van der Waals surface area contributed by atoms with Crippen LogP contribution in [0.15, 0.2) is 24.3 Å². The first-order chi connectivity index (χ1) is 13.8. The van der Waals surface area contributed by atoms with Crippen molar-refractivity contribution in [1.29, 1.82) is 0 Å². The van der Waals surface area contributed by atoms with E-state index >= 15 is 0 Å². The molecular formula is C18H26F6O4S2Si. The van der Waals surface area contributed by atoms with Gasteiger partial charge < -0.3 is 0 Å². The van der Waals surface area contributed by atoms with Gasteiger partial charge in [0.05, 0.1) is 8.07 Å². The molecule has 4 nitrogen and oxygen atoms in total. The number of benzene rings is 1. The first kappa shape index (κ1) is 28.0. The van der Waals surface area contributed by atoms with Gasteiger partial charge in [-0.2, -0.15) is 26.3 Å². The third-order valence-electron chi connectivity index (χ3n) is 5.45. The molecule has 31 heavy (non-hydrogen) atoms. The van der Waals surface area contributed by atoms with E-state index in [0.29, 0.717) is 5.92 Å². The minimum atomic E-state index is -6.57. The van der Waals surface area contributed by atoms with Crippen LogP contribution in [0.4, 0.5) is 26.3 Å². The molecule has 0 N–H and O–H groups in total. The molecule has 1 atom stereocenters. The molecule has 0 bridgehead atoms. The number of hydrogen-bond donors (Lipinski definition) is 0. The summed E-state index contributed by atoms with van der Waals surface area (Å²) in [5.74, 6) is 0.319. The van der Waals surface area contributed by atoms with E-state index in [-0.39, 0.29) is 6.04 Å². The Bertz CT molecular complexity index is 908. The normalized spacial score (nSPS) is 15.3. The smallest absolute Gasteiger partial charge is 0.218 e. The highest BCUT2D eigenvalue weighted by atomic mass is 32.3. The largest absolute Gasteiger partial charge is 0.498 e. The van der Waals surface area contributed by atoms with Gasteiger partial charge in [0.25, 0.3) is 19.7 Å². The van der Waals surface area contributed by atoms with Gasteiger partial charge in [0.1, 0.15) is 0 Å². The minimum absolute atomic E-state index is 0.118. The van der Waals surface area contributed by atoms with Crippen molar-refractivity contribution >= 4 is 32.9 Å². The number of hydrogen-bond acceptors (Lipinski definition) is 4. The monoisotopic (exact) mass is 512 g/mol. The van der Waals surface area contributed by atoms with E-state index in [1.807, 2.05) is 51.2 Å². The van der Waals surface area contributed by atoms with Crippen LogP contribution >= 0.6 is 0 Å². The van der Waals surface area contributed by atoms with Crippen LogP contribution in [0.2, 0.25) is 19.1 Å². The van der Waals surface area contributed by atoms with Crippen molar-refractivity contribution in [2.75, 3.05) is 0 Å². The molecule has 0 radical (unpaired) electrons. The van der Waals surface area contributed by atoms with E-state index in [2.05, 4.69) is 0 Å². The second-order valence-electron chi connectivity index (χ2n) is 8.12. The molecule has 0 heterocycles. The summed E-state index contributed by atoms with van der Waals surface area (Å²) in [6, 6.07) is 7.63. The molecule has 1 aromatic rings. The maximum atomic E-state index is 12.8. The zero-order valence-electron chi connectivity index (χ0n) is 17.5. The van der Waals surface area contributed by atoms with Crippen LogP contribution in [-0.2, 0) is 19.7 Å². The highest BCUT2D eigenvalue weighted by Crippen LogP contribution is 2.38. The van der Waals surface area contributed by atoms with Crippen LogP contribution in [0.25, 0.3) is 0 Å². The zero-order chi connectivity index (χ0) is 24.5. The molecule has 1 aromatic carbocycles. The van der Waals surface area contributed by atoms with E-state index < -0.39 is 56.2 Å². The van der Waals surface area contributed by atoms with Crippen molar-refractivity contribution in [2.45, 2.75) is 73.8 Å². The molecule has 0 aliphatic heterocycles. The van der Waals surface area contributed by atoms with Crippen LogP contribution in [0.3, 0.4) is 0 Å². The van der Waals surface area contributed by atoms with Crippen molar-refractivity contribution in [1.82, 2.24) is 0 Å². The fourth-order valence-corrected chi connectivity index (χ4v) is 9.11. The van der Waals surface area contributed by atoms with Crippen molar-refractivity contribution in [2.24, 2.45) is 0 Å². The third-order valence-corrected chi connectivity index (χ3v) is 13.6. The van der Waals surface area contributed by atoms with Crippen LogP contribution in [0, 0.1) is 0 Å². The summed E-state index contributed by atoms with van der Waals surface area (Å²) in [4.78, 5) is 0. The predicted octanol–water partition coefficient (Wildman–Crippen LogP) is 5.09. The molecular weight excluding hydrogens is 486 g/mol. The lowest BCUT2D eigenvalue weighted by Gasteiger charge is -2.25. The summed E-state index contributed by atoms with van der Waals surface area (Å²) in [6.07, 6.45) is -0.782. The van der Waals surface area contributed by atoms with Crippen LogP contribution in [0.5, 0.6) is 0 Å². The van der Waals surface area contributed by atoms with E-state index in [1.54, 1.807) is 0 Å². The van der Waals surface area contributed by atoms with Gasteiger partial charge in [-0.25, -0.2) is 16.8 Å². The molecule has 180 valence electrons. The summed E-state index contributed by atoms with van der Waals surface area (Å²) >= 11 is 0. The van der Waals surface area contributed by atoms with Crippen molar-refractivity contribution in [3.8, 4) is 0 Å². The maximum absolute atomic E-state index is 12.8. The summed E-state index contributed by atoms with van der Waals surface area (Å²) in [7, 11) is -15.5. The highest BCUT2D eigenvalue weighted by molar-refractivity contribution is 8.09. The molecule has 13 heteroatoms. The summed E-state index contributed by atoms with van der Waals surface area (Å²) in [6.45, 7) is 7.73. The molecule has 0 aromatic heterocycles. The average molecular weight is 513 g/mol.